The predicted molar refractivity (Wildman–Crippen MR) is 83.1 cm³/mol. The minimum absolute atomic E-state index is 0.318. The first-order valence-corrected chi connectivity index (χ1v) is 7.53. The molecule has 1 fully saturated rings. The SMILES string of the molecule is CCOC(=O)c1cc(-c2cc(C3CC3)ccc2OC)n(C)n1. The molecule has 0 bridgehead atoms. The predicted octanol–water partition coefficient (Wildman–Crippen LogP) is 3.15. The highest BCUT2D eigenvalue weighted by Crippen LogP contribution is 2.43. The van der Waals surface area contributed by atoms with Crippen LogP contribution in [0.25, 0.3) is 11.3 Å². The van der Waals surface area contributed by atoms with Gasteiger partial charge in [-0.3, -0.25) is 4.68 Å². The van der Waals surface area contributed by atoms with Crippen LogP contribution in [0.15, 0.2) is 24.3 Å². The summed E-state index contributed by atoms with van der Waals surface area (Å²) < 4.78 is 12.2. The molecule has 0 radical (unpaired) electrons. The maximum Gasteiger partial charge on any atom is 0.358 e. The van der Waals surface area contributed by atoms with Crippen LogP contribution in [0.5, 0.6) is 5.75 Å². The van der Waals surface area contributed by atoms with E-state index in [9.17, 15) is 4.79 Å². The number of nitrogens with zero attached hydrogens (tertiary/aromatic N) is 2. The van der Waals surface area contributed by atoms with E-state index >= 15 is 0 Å². The molecule has 1 heterocycles. The lowest BCUT2D eigenvalue weighted by Gasteiger charge is -2.10. The van der Waals surface area contributed by atoms with Crippen molar-refractivity contribution < 1.29 is 14.3 Å². The van der Waals surface area contributed by atoms with E-state index in [-0.39, 0.29) is 0 Å². The molecule has 5 nitrogen and oxygen atoms in total. The Hall–Kier alpha value is -2.30. The molecule has 1 aromatic carbocycles. The zero-order valence-electron chi connectivity index (χ0n) is 13.1. The average Bonchev–Trinajstić information content (AvgIpc) is 3.29. The molecule has 0 unspecified atom stereocenters. The van der Waals surface area contributed by atoms with Crippen molar-refractivity contribution in [3.63, 3.8) is 0 Å². The van der Waals surface area contributed by atoms with Crippen molar-refractivity contribution in [2.24, 2.45) is 7.05 Å². The smallest absolute Gasteiger partial charge is 0.358 e. The van der Waals surface area contributed by atoms with Gasteiger partial charge in [0.15, 0.2) is 5.69 Å². The van der Waals surface area contributed by atoms with Gasteiger partial charge in [0.05, 0.1) is 19.4 Å². The number of rotatable bonds is 5. The summed E-state index contributed by atoms with van der Waals surface area (Å²) in [5.74, 6) is 1.03. The maximum atomic E-state index is 11.9. The topological polar surface area (TPSA) is 53.4 Å². The van der Waals surface area contributed by atoms with Crippen LogP contribution in [0.2, 0.25) is 0 Å². The van der Waals surface area contributed by atoms with E-state index in [2.05, 4.69) is 17.2 Å². The van der Waals surface area contributed by atoms with Gasteiger partial charge in [-0.1, -0.05) is 6.07 Å². The highest BCUT2D eigenvalue weighted by Gasteiger charge is 2.25. The number of benzene rings is 1. The number of hydrogen-bond acceptors (Lipinski definition) is 4. The van der Waals surface area contributed by atoms with E-state index < -0.39 is 5.97 Å². The van der Waals surface area contributed by atoms with Gasteiger partial charge in [-0.25, -0.2) is 4.79 Å². The Morgan fingerprint density at radius 2 is 2.14 bits per heavy atom. The Kier molecular flexibility index (Phi) is 3.88. The van der Waals surface area contributed by atoms with Crippen molar-refractivity contribution in [1.82, 2.24) is 9.78 Å². The Balaban J connectivity index is 2.02. The van der Waals surface area contributed by atoms with E-state index in [1.807, 2.05) is 13.1 Å². The van der Waals surface area contributed by atoms with Crippen LogP contribution in [0.3, 0.4) is 0 Å². The maximum absolute atomic E-state index is 11.9. The Labute approximate surface area is 129 Å². The lowest BCUT2D eigenvalue weighted by Crippen LogP contribution is -2.06. The summed E-state index contributed by atoms with van der Waals surface area (Å²) in [4.78, 5) is 11.9. The van der Waals surface area contributed by atoms with Crippen LogP contribution >= 0.6 is 0 Å². The first-order valence-electron chi connectivity index (χ1n) is 7.53. The number of ether oxygens (including phenoxy) is 2. The van der Waals surface area contributed by atoms with Gasteiger partial charge in [-0.2, -0.15) is 5.10 Å². The van der Waals surface area contributed by atoms with Crippen LogP contribution in [0, 0.1) is 0 Å². The molecule has 0 N–H and O–H groups in total. The highest BCUT2D eigenvalue weighted by molar-refractivity contribution is 5.89. The van der Waals surface area contributed by atoms with Gasteiger partial charge in [-0.05, 0) is 49.4 Å². The fraction of sp³-hybridized carbons (Fsp3) is 0.412. The van der Waals surface area contributed by atoms with Gasteiger partial charge in [0.25, 0.3) is 0 Å². The molecule has 22 heavy (non-hydrogen) atoms. The van der Waals surface area contributed by atoms with E-state index in [4.69, 9.17) is 9.47 Å². The molecule has 0 atom stereocenters. The molecule has 0 amide bonds. The fourth-order valence-electron chi connectivity index (χ4n) is 2.62. The molecule has 0 spiro atoms. The lowest BCUT2D eigenvalue weighted by atomic mass is 10.0. The third-order valence-corrected chi connectivity index (χ3v) is 3.91. The minimum Gasteiger partial charge on any atom is -0.496 e. The summed E-state index contributed by atoms with van der Waals surface area (Å²) in [5.41, 5.74) is 3.44. The highest BCUT2D eigenvalue weighted by atomic mass is 16.5. The zero-order valence-corrected chi connectivity index (χ0v) is 13.1. The second-order valence-electron chi connectivity index (χ2n) is 5.49. The van der Waals surface area contributed by atoms with Crippen LogP contribution < -0.4 is 4.74 Å². The first kappa shape index (κ1) is 14.6. The third-order valence-electron chi connectivity index (χ3n) is 3.91. The summed E-state index contributed by atoms with van der Waals surface area (Å²) in [6, 6.07) is 8.00. The summed E-state index contributed by atoms with van der Waals surface area (Å²) in [6.07, 6.45) is 2.48. The van der Waals surface area contributed by atoms with Crippen molar-refractivity contribution in [2.45, 2.75) is 25.7 Å². The minimum atomic E-state index is -0.401. The summed E-state index contributed by atoms with van der Waals surface area (Å²) >= 11 is 0. The van der Waals surface area contributed by atoms with E-state index in [1.54, 1.807) is 24.8 Å². The quantitative estimate of drug-likeness (QED) is 0.796. The van der Waals surface area contributed by atoms with E-state index in [0.717, 1.165) is 17.0 Å². The monoisotopic (exact) mass is 300 g/mol. The van der Waals surface area contributed by atoms with Crippen molar-refractivity contribution in [3.05, 3.63) is 35.5 Å². The summed E-state index contributed by atoms with van der Waals surface area (Å²) in [5, 5.41) is 4.26. The molecule has 1 aliphatic carbocycles. The van der Waals surface area contributed by atoms with Crippen LogP contribution in [0.4, 0.5) is 0 Å². The fourth-order valence-corrected chi connectivity index (χ4v) is 2.62. The number of aromatic nitrogens is 2. The third kappa shape index (κ3) is 2.71. The lowest BCUT2D eigenvalue weighted by molar-refractivity contribution is 0.0518. The zero-order chi connectivity index (χ0) is 15.7. The largest absolute Gasteiger partial charge is 0.496 e. The van der Waals surface area contributed by atoms with Crippen molar-refractivity contribution >= 4 is 5.97 Å². The molecule has 0 aliphatic heterocycles. The van der Waals surface area contributed by atoms with Crippen LogP contribution in [0.1, 0.15) is 41.7 Å². The molecule has 0 saturated heterocycles. The molecular formula is C17H20N2O3. The van der Waals surface area contributed by atoms with Gasteiger partial charge < -0.3 is 9.47 Å². The van der Waals surface area contributed by atoms with Gasteiger partial charge >= 0.3 is 5.97 Å². The number of carbonyl (C=O) groups is 1. The molecule has 1 aliphatic rings. The van der Waals surface area contributed by atoms with Gasteiger partial charge in [0.1, 0.15) is 5.75 Å². The average molecular weight is 300 g/mol. The Bertz CT molecular complexity index is 702. The van der Waals surface area contributed by atoms with Gasteiger partial charge in [0, 0.05) is 12.6 Å². The van der Waals surface area contributed by atoms with Gasteiger partial charge in [0.2, 0.25) is 0 Å². The molecule has 1 aromatic heterocycles. The van der Waals surface area contributed by atoms with Crippen LogP contribution in [-0.4, -0.2) is 29.5 Å². The molecule has 1 saturated carbocycles. The van der Waals surface area contributed by atoms with E-state index in [1.165, 1.54) is 18.4 Å². The molecule has 2 aromatic rings. The standard InChI is InChI=1S/C17H20N2O3/c1-4-22-17(20)14-10-15(19(2)18-14)13-9-12(11-5-6-11)7-8-16(13)21-3/h7-11H,4-6H2,1-3H3. The van der Waals surface area contributed by atoms with Gasteiger partial charge in [-0.15, -0.1) is 0 Å². The number of aryl methyl sites for hydroxylation is 1. The molecule has 3 rings (SSSR count). The Morgan fingerprint density at radius 3 is 2.77 bits per heavy atom. The van der Waals surface area contributed by atoms with E-state index in [0.29, 0.717) is 18.2 Å². The summed E-state index contributed by atoms with van der Waals surface area (Å²) in [7, 11) is 3.47. The second-order valence-corrected chi connectivity index (χ2v) is 5.49. The molecule has 5 heteroatoms. The number of methoxy groups -OCH3 is 1. The summed E-state index contributed by atoms with van der Waals surface area (Å²) in [6.45, 7) is 2.12. The number of hydrogen-bond donors (Lipinski definition) is 0. The number of carbonyl (C=O) groups excluding carboxylic acids is 1. The normalized spacial score (nSPS) is 14.0. The number of esters is 1. The van der Waals surface area contributed by atoms with Crippen molar-refractivity contribution in [1.29, 1.82) is 0 Å². The Morgan fingerprint density at radius 1 is 1.36 bits per heavy atom. The first-order chi connectivity index (χ1) is 10.6. The molecule has 116 valence electrons. The molecular weight excluding hydrogens is 280 g/mol. The second kappa shape index (κ2) is 5.83. The van der Waals surface area contributed by atoms with Crippen LogP contribution in [-0.2, 0) is 11.8 Å². The van der Waals surface area contributed by atoms with Crippen molar-refractivity contribution in [2.75, 3.05) is 13.7 Å². The van der Waals surface area contributed by atoms with Crippen molar-refractivity contribution in [3.8, 4) is 17.0 Å².